The summed E-state index contributed by atoms with van der Waals surface area (Å²) in [5.74, 6) is 0.856. The van der Waals surface area contributed by atoms with Crippen LogP contribution in [0.2, 0.25) is 10.0 Å². The highest BCUT2D eigenvalue weighted by molar-refractivity contribution is 6.36. The van der Waals surface area contributed by atoms with E-state index in [2.05, 4.69) is 24.4 Å². The minimum atomic E-state index is 0.0876. The van der Waals surface area contributed by atoms with Crippen molar-refractivity contribution in [1.29, 1.82) is 0 Å². The first-order valence-electron chi connectivity index (χ1n) is 6.96. The maximum Gasteiger partial charge on any atom is 0.118 e. The number of benzene rings is 2. The summed E-state index contributed by atoms with van der Waals surface area (Å²) in [5, 5.41) is 4.85. The molecular formula is C17H19Cl2NO. The molecule has 21 heavy (non-hydrogen) atoms. The molecule has 1 N–H and O–H groups in total. The van der Waals surface area contributed by atoms with Crippen molar-refractivity contribution in [1.82, 2.24) is 5.32 Å². The number of halogens is 2. The Bertz CT molecular complexity index is 564. The molecule has 2 aromatic carbocycles. The van der Waals surface area contributed by atoms with Gasteiger partial charge < -0.3 is 10.1 Å². The van der Waals surface area contributed by atoms with E-state index in [0.29, 0.717) is 10.0 Å². The molecule has 0 spiro atoms. The summed E-state index contributed by atoms with van der Waals surface area (Å²) in [4.78, 5) is 0. The van der Waals surface area contributed by atoms with Gasteiger partial charge in [0.05, 0.1) is 7.11 Å². The molecule has 2 rings (SSSR count). The Kier molecular flexibility index (Phi) is 5.92. The van der Waals surface area contributed by atoms with Gasteiger partial charge in [-0.3, -0.25) is 0 Å². The van der Waals surface area contributed by atoms with E-state index < -0.39 is 0 Å². The van der Waals surface area contributed by atoms with Crippen molar-refractivity contribution in [2.75, 3.05) is 13.7 Å². The summed E-state index contributed by atoms with van der Waals surface area (Å²) in [6.45, 7) is 2.92. The molecule has 0 aliphatic rings. The first-order chi connectivity index (χ1) is 10.2. The first kappa shape index (κ1) is 16.2. The topological polar surface area (TPSA) is 21.3 Å². The summed E-state index contributed by atoms with van der Waals surface area (Å²) >= 11 is 12.7. The molecule has 1 atom stereocenters. The zero-order valence-electron chi connectivity index (χ0n) is 12.2. The lowest BCUT2D eigenvalue weighted by atomic mass is 9.98. The second kappa shape index (κ2) is 7.69. The van der Waals surface area contributed by atoms with Gasteiger partial charge in [-0.25, -0.2) is 0 Å². The molecule has 0 radical (unpaired) electrons. The third-order valence-electron chi connectivity index (χ3n) is 3.40. The Morgan fingerprint density at radius 3 is 2.19 bits per heavy atom. The Hall–Kier alpha value is -1.22. The van der Waals surface area contributed by atoms with Gasteiger partial charge in [-0.15, -0.1) is 0 Å². The fourth-order valence-electron chi connectivity index (χ4n) is 2.36. The second-order valence-corrected chi connectivity index (χ2v) is 5.61. The number of hydrogen-bond acceptors (Lipinski definition) is 2. The number of likely N-dealkylation sites (N-methyl/N-ethyl adjacent to an activating group) is 1. The molecule has 0 saturated carbocycles. The summed E-state index contributed by atoms with van der Waals surface area (Å²) in [5.41, 5.74) is 2.16. The van der Waals surface area contributed by atoms with E-state index in [-0.39, 0.29) is 6.04 Å². The van der Waals surface area contributed by atoms with Gasteiger partial charge in [0.15, 0.2) is 0 Å². The van der Waals surface area contributed by atoms with E-state index in [0.717, 1.165) is 24.3 Å². The molecule has 112 valence electrons. The van der Waals surface area contributed by atoms with Gasteiger partial charge in [-0.1, -0.05) is 48.3 Å². The monoisotopic (exact) mass is 323 g/mol. The number of hydrogen-bond donors (Lipinski definition) is 1. The van der Waals surface area contributed by atoms with Gasteiger partial charge in [0, 0.05) is 21.7 Å². The molecule has 4 heteroatoms. The number of methoxy groups -OCH3 is 1. The van der Waals surface area contributed by atoms with Gasteiger partial charge in [0.2, 0.25) is 0 Å². The summed E-state index contributed by atoms with van der Waals surface area (Å²) in [7, 11) is 1.67. The molecule has 0 bridgehead atoms. The van der Waals surface area contributed by atoms with Gasteiger partial charge >= 0.3 is 0 Å². The van der Waals surface area contributed by atoms with Crippen LogP contribution in [-0.2, 0) is 6.42 Å². The van der Waals surface area contributed by atoms with Crippen molar-refractivity contribution in [2.24, 2.45) is 0 Å². The van der Waals surface area contributed by atoms with E-state index in [1.807, 2.05) is 30.3 Å². The molecule has 0 aromatic heterocycles. The normalized spacial score (nSPS) is 12.2. The average molecular weight is 324 g/mol. The van der Waals surface area contributed by atoms with Gasteiger partial charge in [0.25, 0.3) is 0 Å². The van der Waals surface area contributed by atoms with Crippen LogP contribution in [0.25, 0.3) is 0 Å². The van der Waals surface area contributed by atoms with Crippen LogP contribution in [0.1, 0.15) is 24.1 Å². The highest BCUT2D eigenvalue weighted by atomic mass is 35.5. The molecule has 0 heterocycles. The SMILES string of the molecule is CCNC(Cc1ccc(OC)cc1)c1c(Cl)cccc1Cl. The fourth-order valence-corrected chi connectivity index (χ4v) is 3.02. The standard InChI is InChI=1S/C17H19Cl2NO/c1-3-20-16(17-14(18)5-4-6-15(17)19)11-12-7-9-13(21-2)10-8-12/h4-10,16,20H,3,11H2,1-2H3. The highest BCUT2D eigenvalue weighted by Crippen LogP contribution is 2.32. The van der Waals surface area contributed by atoms with Crippen LogP contribution in [0.15, 0.2) is 42.5 Å². The van der Waals surface area contributed by atoms with Crippen LogP contribution in [0.4, 0.5) is 0 Å². The van der Waals surface area contributed by atoms with Crippen molar-refractivity contribution >= 4 is 23.2 Å². The quantitative estimate of drug-likeness (QED) is 0.816. The van der Waals surface area contributed by atoms with Crippen molar-refractivity contribution in [3.63, 3.8) is 0 Å². The minimum Gasteiger partial charge on any atom is -0.497 e. The minimum absolute atomic E-state index is 0.0876. The molecule has 0 saturated heterocycles. The van der Waals surface area contributed by atoms with E-state index in [1.165, 1.54) is 5.56 Å². The highest BCUT2D eigenvalue weighted by Gasteiger charge is 2.17. The predicted octanol–water partition coefficient (Wildman–Crippen LogP) is 4.90. The van der Waals surface area contributed by atoms with Crippen molar-refractivity contribution in [2.45, 2.75) is 19.4 Å². The van der Waals surface area contributed by atoms with Crippen molar-refractivity contribution in [3.8, 4) is 5.75 Å². The Morgan fingerprint density at radius 1 is 1.05 bits per heavy atom. The second-order valence-electron chi connectivity index (χ2n) is 4.80. The molecule has 2 nitrogen and oxygen atoms in total. The smallest absolute Gasteiger partial charge is 0.118 e. The lowest BCUT2D eigenvalue weighted by molar-refractivity contribution is 0.414. The van der Waals surface area contributed by atoms with Crippen molar-refractivity contribution in [3.05, 3.63) is 63.6 Å². The van der Waals surface area contributed by atoms with Crippen LogP contribution in [0.5, 0.6) is 5.75 Å². The molecule has 2 aromatic rings. The average Bonchev–Trinajstić information content (AvgIpc) is 2.48. The van der Waals surface area contributed by atoms with E-state index in [9.17, 15) is 0 Å². The number of rotatable bonds is 6. The maximum absolute atomic E-state index is 6.33. The van der Waals surface area contributed by atoms with Crippen LogP contribution in [-0.4, -0.2) is 13.7 Å². The Balaban J connectivity index is 2.26. The predicted molar refractivity (Wildman–Crippen MR) is 89.6 cm³/mol. The molecule has 0 aliphatic carbocycles. The fraction of sp³-hybridized carbons (Fsp3) is 0.294. The van der Waals surface area contributed by atoms with Crippen LogP contribution in [0.3, 0.4) is 0 Å². The lowest BCUT2D eigenvalue weighted by Crippen LogP contribution is -2.23. The molecule has 0 fully saturated rings. The third kappa shape index (κ3) is 4.13. The molecule has 0 aliphatic heterocycles. The van der Waals surface area contributed by atoms with Crippen molar-refractivity contribution < 1.29 is 4.74 Å². The van der Waals surface area contributed by atoms with E-state index in [4.69, 9.17) is 27.9 Å². The lowest BCUT2D eigenvalue weighted by Gasteiger charge is -2.21. The van der Waals surface area contributed by atoms with Gasteiger partial charge in [0.1, 0.15) is 5.75 Å². The van der Waals surface area contributed by atoms with E-state index >= 15 is 0 Å². The maximum atomic E-state index is 6.33. The molecular weight excluding hydrogens is 305 g/mol. The number of ether oxygens (including phenoxy) is 1. The van der Waals surface area contributed by atoms with E-state index in [1.54, 1.807) is 7.11 Å². The molecule has 0 amide bonds. The Labute approximate surface area is 136 Å². The van der Waals surface area contributed by atoms with Gasteiger partial charge in [-0.05, 0) is 42.8 Å². The van der Waals surface area contributed by atoms with Crippen LogP contribution < -0.4 is 10.1 Å². The zero-order valence-corrected chi connectivity index (χ0v) is 13.7. The summed E-state index contributed by atoms with van der Waals surface area (Å²) in [6.07, 6.45) is 0.821. The summed E-state index contributed by atoms with van der Waals surface area (Å²) in [6, 6.07) is 13.8. The number of nitrogens with one attached hydrogen (secondary N) is 1. The van der Waals surface area contributed by atoms with Crippen LogP contribution in [0, 0.1) is 0 Å². The zero-order chi connectivity index (χ0) is 15.2. The Morgan fingerprint density at radius 2 is 1.67 bits per heavy atom. The van der Waals surface area contributed by atoms with Gasteiger partial charge in [-0.2, -0.15) is 0 Å². The first-order valence-corrected chi connectivity index (χ1v) is 7.71. The summed E-state index contributed by atoms with van der Waals surface area (Å²) < 4.78 is 5.19. The third-order valence-corrected chi connectivity index (χ3v) is 4.06. The molecule has 1 unspecified atom stereocenters. The largest absolute Gasteiger partial charge is 0.497 e. The van der Waals surface area contributed by atoms with Crippen LogP contribution >= 0.6 is 23.2 Å².